The maximum absolute atomic E-state index is 9.94. The SMILES string of the molecule is N#Cc1ccc(C=CC=CC=O)cc1. The summed E-state index contributed by atoms with van der Waals surface area (Å²) in [5.41, 5.74) is 1.64. The number of hydrogen-bond donors (Lipinski definition) is 0. The van der Waals surface area contributed by atoms with E-state index in [2.05, 4.69) is 0 Å². The van der Waals surface area contributed by atoms with Crippen LogP contribution in [0.2, 0.25) is 0 Å². The fourth-order valence-corrected chi connectivity index (χ4v) is 0.945. The molecular weight excluding hydrogens is 174 g/mol. The zero-order valence-electron chi connectivity index (χ0n) is 7.55. The van der Waals surface area contributed by atoms with Gasteiger partial charge in [-0.2, -0.15) is 5.26 Å². The van der Waals surface area contributed by atoms with Crippen molar-refractivity contribution in [2.45, 2.75) is 0 Å². The lowest BCUT2D eigenvalue weighted by Gasteiger charge is -1.91. The van der Waals surface area contributed by atoms with Gasteiger partial charge in [0.1, 0.15) is 6.29 Å². The van der Waals surface area contributed by atoms with Gasteiger partial charge in [-0.15, -0.1) is 0 Å². The topological polar surface area (TPSA) is 40.9 Å². The normalized spacial score (nSPS) is 10.5. The van der Waals surface area contributed by atoms with Crippen LogP contribution in [-0.4, -0.2) is 6.29 Å². The Morgan fingerprint density at radius 2 is 1.79 bits per heavy atom. The average molecular weight is 183 g/mol. The van der Waals surface area contributed by atoms with Crippen LogP contribution < -0.4 is 0 Å². The lowest BCUT2D eigenvalue weighted by Crippen LogP contribution is -1.74. The van der Waals surface area contributed by atoms with Gasteiger partial charge in [0.25, 0.3) is 0 Å². The Labute approximate surface area is 82.8 Å². The number of benzene rings is 1. The second-order valence-electron chi connectivity index (χ2n) is 2.61. The zero-order valence-corrected chi connectivity index (χ0v) is 7.55. The van der Waals surface area contributed by atoms with Gasteiger partial charge in [0, 0.05) is 0 Å². The third-order valence-corrected chi connectivity index (χ3v) is 1.63. The quantitative estimate of drug-likeness (QED) is 0.410. The number of nitriles is 1. The van der Waals surface area contributed by atoms with Crippen LogP contribution in [0.3, 0.4) is 0 Å². The summed E-state index contributed by atoms with van der Waals surface area (Å²) >= 11 is 0. The van der Waals surface area contributed by atoms with Gasteiger partial charge in [0.05, 0.1) is 11.6 Å². The van der Waals surface area contributed by atoms with E-state index in [-0.39, 0.29) is 0 Å². The average Bonchev–Trinajstić information content (AvgIpc) is 2.25. The van der Waals surface area contributed by atoms with Crippen molar-refractivity contribution < 1.29 is 4.79 Å². The Balaban J connectivity index is 2.69. The van der Waals surface area contributed by atoms with Crippen molar-refractivity contribution in [1.29, 1.82) is 5.26 Å². The standard InChI is InChI=1S/C12H9NO/c13-10-12-7-5-11(6-8-12)4-2-1-3-9-14/h1-9H. The lowest BCUT2D eigenvalue weighted by atomic mass is 10.1. The van der Waals surface area contributed by atoms with Crippen LogP contribution in [0.15, 0.2) is 42.5 Å². The maximum atomic E-state index is 9.94. The Morgan fingerprint density at radius 3 is 2.36 bits per heavy atom. The Kier molecular flexibility index (Phi) is 3.90. The predicted molar refractivity (Wildman–Crippen MR) is 55.4 cm³/mol. The summed E-state index contributed by atoms with van der Waals surface area (Å²) < 4.78 is 0. The Morgan fingerprint density at radius 1 is 1.07 bits per heavy atom. The third-order valence-electron chi connectivity index (χ3n) is 1.63. The highest BCUT2D eigenvalue weighted by atomic mass is 16.1. The number of carbonyl (C=O) groups excluding carboxylic acids is 1. The number of nitrogens with zero attached hydrogens (tertiary/aromatic N) is 1. The molecule has 1 aromatic rings. The predicted octanol–water partition coefficient (Wildman–Crippen LogP) is 2.33. The van der Waals surface area contributed by atoms with Crippen molar-refractivity contribution in [1.82, 2.24) is 0 Å². The van der Waals surface area contributed by atoms with Crippen LogP contribution in [0.25, 0.3) is 6.08 Å². The van der Waals surface area contributed by atoms with Gasteiger partial charge >= 0.3 is 0 Å². The monoisotopic (exact) mass is 183 g/mol. The van der Waals surface area contributed by atoms with E-state index in [0.29, 0.717) is 5.56 Å². The molecule has 1 aromatic carbocycles. The summed E-state index contributed by atoms with van der Waals surface area (Å²) in [6, 6.07) is 9.25. The molecule has 68 valence electrons. The highest BCUT2D eigenvalue weighted by Gasteiger charge is 1.87. The molecule has 2 heteroatoms. The van der Waals surface area contributed by atoms with Gasteiger partial charge in [0.2, 0.25) is 0 Å². The summed E-state index contributed by atoms with van der Waals surface area (Å²) in [6.07, 6.45) is 7.44. The molecule has 0 spiro atoms. The molecule has 0 saturated heterocycles. The summed E-state index contributed by atoms with van der Waals surface area (Å²) in [5, 5.41) is 8.56. The van der Waals surface area contributed by atoms with Gasteiger partial charge in [-0.05, 0) is 23.8 Å². The number of allylic oxidation sites excluding steroid dienone is 3. The van der Waals surface area contributed by atoms with E-state index >= 15 is 0 Å². The molecule has 0 aliphatic rings. The van der Waals surface area contributed by atoms with Gasteiger partial charge in [-0.25, -0.2) is 0 Å². The van der Waals surface area contributed by atoms with E-state index in [9.17, 15) is 4.79 Å². The number of aldehydes is 1. The maximum Gasteiger partial charge on any atom is 0.142 e. The molecule has 2 nitrogen and oxygen atoms in total. The highest BCUT2D eigenvalue weighted by molar-refractivity contribution is 5.66. The number of hydrogen-bond acceptors (Lipinski definition) is 2. The number of carbonyl (C=O) groups is 1. The van der Waals surface area contributed by atoms with Gasteiger partial charge in [0.15, 0.2) is 0 Å². The Bertz CT molecular complexity index is 393. The summed E-state index contributed by atoms with van der Waals surface area (Å²) in [4.78, 5) is 9.94. The smallest absolute Gasteiger partial charge is 0.142 e. The van der Waals surface area contributed by atoms with Crippen LogP contribution >= 0.6 is 0 Å². The minimum atomic E-state index is 0.644. The third kappa shape index (κ3) is 3.08. The highest BCUT2D eigenvalue weighted by Crippen LogP contribution is 2.04. The largest absolute Gasteiger partial charge is 0.299 e. The van der Waals surface area contributed by atoms with Gasteiger partial charge in [-0.3, -0.25) is 4.79 Å². The van der Waals surface area contributed by atoms with Crippen LogP contribution in [-0.2, 0) is 4.79 Å². The molecule has 0 heterocycles. The van der Waals surface area contributed by atoms with E-state index < -0.39 is 0 Å². The van der Waals surface area contributed by atoms with E-state index in [0.717, 1.165) is 11.8 Å². The molecule has 0 aliphatic carbocycles. The Hall–Kier alpha value is -2.14. The van der Waals surface area contributed by atoms with Crippen molar-refractivity contribution in [3.8, 4) is 6.07 Å². The van der Waals surface area contributed by atoms with Crippen molar-refractivity contribution in [2.75, 3.05) is 0 Å². The lowest BCUT2D eigenvalue weighted by molar-refractivity contribution is -0.104. The first-order chi connectivity index (χ1) is 6.86. The molecule has 0 fully saturated rings. The first-order valence-electron chi connectivity index (χ1n) is 4.15. The van der Waals surface area contributed by atoms with Gasteiger partial charge in [-0.1, -0.05) is 30.4 Å². The van der Waals surface area contributed by atoms with Crippen molar-refractivity contribution in [3.63, 3.8) is 0 Å². The first-order valence-corrected chi connectivity index (χ1v) is 4.15. The van der Waals surface area contributed by atoms with Crippen molar-refractivity contribution in [3.05, 3.63) is 53.6 Å². The van der Waals surface area contributed by atoms with Crippen LogP contribution in [0.5, 0.6) is 0 Å². The molecule has 0 amide bonds. The molecule has 0 aliphatic heterocycles. The minimum absolute atomic E-state index is 0.644. The fourth-order valence-electron chi connectivity index (χ4n) is 0.945. The van der Waals surface area contributed by atoms with Crippen molar-refractivity contribution >= 4 is 12.4 Å². The first kappa shape index (κ1) is 9.94. The summed E-state index contributed by atoms with van der Waals surface area (Å²) in [7, 11) is 0. The molecule has 0 radical (unpaired) electrons. The summed E-state index contributed by atoms with van der Waals surface area (Å²) in [6.45, 7) is 0. The van der Waals surface area contributed by atoms with Crippen LogP contribution in [0.1, 0.15) is 11.1 Å². The van der Waals surface area contributed by atoms with E-state index in [1.54, 1.807) is 24.3 Å². The molecule has 0 bridgehead atoms. The van der Waals surface area contributed by atoms with Gasteiger partial charge < -0.3 is 0 Å². The van der Waals surface area contributed by atoms with Crippen molar-refractivity contribution in [2.24, 2.45) is 0 Å². The molecule has 14 heavy (non-hydrogen) atoms. The second kappa shape index (κ2) is 5.50. The van der Waals surface area contributed by atoms with Crippen LogP contribution in [0.4, 0.5) is 0 Å². The summed E-state index contributed by atoms with van der Waals surface area (Å²) in [5.74, 6) is 0. The molecule has 0 aromatic heterocycles. The molecule has 1 rings (SSSR count). The fraction of sp³-hybridized carbons (Fsp3) is 0. The molecular formula is C12H9NO. The van der Waals surface area contributed by atoms with E-state index in [1.807, 2.05) is 24.3 Å². The molecule has 0 unspecified atom stereocenters. The number of rotatable bonds is 3. The zero-order chi connectivity index (χ0) is 10.2. The molecule has 0 N–H and O–H groups in total. The van der Waals surface area contributed by atoms with E-state index in [4.69, 9.17) is 5.26 Å². The molecule has 0 saturated carbocycles. The van der Waals surface area contributed by atoms with E-state index in [1.165, 1.54) is 6.08 Å². The molecule has 0 atom stereocenters. The minimum Gasteiger partial charge on any atom is -0.299 e. The second-order valence-corrected chi connectivity index (χ2v) is 2.61. The van der Waals surface area contributed by atoms with Crippen LogP contribution in [0, 0.1) is 11.3 Å².